The summed E-state index contributed by atoms with van der Waals surface area (Å²) in [4.78, 5) is 4.76. The van der Waals surface area contributed by atoms with Gasteiger partial charge in [0, 0.05) is 39.8 Å². The van der Waals surface area contributed by atoms with Crippen molar-refractivity contribution in [2.45, 2.75) is 12.3 Å². The number of fused-ring (bicyclic) bond motifs is 2. The van der Waals surface area contributed by atoms with E-state index < -0.39 is 0 Å². The van der Waals surface area contributed by atoms with Crippen molar-refractivity contribution in [2.24, 2.45) is 0 Å². The summed E-state index contributed by atoms with van der Waals surface area (Å²) in [7, 11) is 0. The van der Waals surface area contributed by atoms with Crippen LogP contribution in [0.3, 0.4) is 0 Å². The molecule has 0 saturated carbocycles. The Balaban J connectivity index is 0.923. The van der Waals surface area contributed by atoms with E-state index in [4.69, 9.17) is 0 Å². The standard InChI is InChI=1S/C62H46N2/c1-3-19-55(20-4-1)63(57-39-35-47(36-40-57)53-33-27-45-15-7-9-17-51(45)43-53)61-25-13-11-23-59(61)49-29-31-50(32-30-49)60-24-12-14-26-62(60)64(56-21-5-2-6-22-56)58-41-37-48(38-42-58)54-34-28-46-16-8-10-18-52(46)44-54/h1-43,54H,44H2. The third-order valence-electron chi connectivity index (χ3n) is 12.6. The summed E-state index contributed by atoms with van der Waals surface area (Å²) in [5.74, 6) is 0.353. The SMILES string of the molecule is C1=CC(c2ccc(N(c3ccccc3)c3ccccc3-c3ccc(-c4ccccc4N(c4ccccc4)c4ccc(-c5ccc6ccccc6c5)cc4)cc3)cc2)Cc2ccccc21. The first-order chi connectivity index (χ1) is 31.7. The first-order valence-electron chi connectivity index (χ1n) is 22.2. The second-order valence-corrected chi connectivity index (χ2v) is 16.5. The minimum atomic E-state index is 0.353. The Morgan fingerprint density at radius 2 is 0.781 bits per heavy atom. The summed E-state index contributed by atoms with van der Waals surface area (Å²) in [6.45, 7) is 0. The highest BCUT2D eigenvalue weighted by molar-refractivity contribution is 5.92. The average molecular weight is 819 g/mol. The zero-order valence-corrected chi connectivity index (χ0v) is 35.5. The highest BCUT2D eigenvalue weighted by Gasteiger charge is 2.21. The van der Waals surface area contributed by atoms with Crippen LogP contribution in [-0.4, -0.2) is 0 Å². The molecule has 0 saturated heterocycles. The van der Waals surface area contributed by atoms with Crippen LogP contribution in [0.4, 0.5) is 34.1 Å². The Bertz CT molecular complexity index is 3220. The van der Waals surface area contributed by atoms with Gasteiger partial charge in [-0.1, -0.05) is 194 Å². The summed E-state index contributed by atoms with van der Waals surface area (Å²) in [5.41, 5.74) is 17.8. The predicted molar refractivity (Wildman–Crippen MR) is 272 cm³/mol. The maximum absolute atomic E-state index is 2.39. The lowest BCUT2D eigenvalue weighted by Gasteiger charge is -2.29. The van der Waals surface area contributed by atoms with Crippen LogP contribution in [0.25, 0.3) is 50.2 Å². The van der Waals surface area contributed by atoms with Crippen molar-refractivity contribution >= 4 is 51.0 Å². The Labute approximate surface area is 376 Å². The van der Waals surface area contributed by atoms with Gasteiger partial charge < -0.3 is 9.80 Å². The lowest BCUT2D eigenvalue weighted by Crippen LogP contribution is -2.12. The lowest BCUT2D eigenvalue weighted by molar-refractivity contribution is 0.827. The molecule has 2 nitrogen and oxygen atoms in total. The first-order valence-corrected chi connectivity index (χ1v) is 22.2. The van der Waals surface area contributed by atoms with Crippen LogP contribution in [0.5, 0.6) is 0 Å². The summed E-state index contributed by atoms with van der Waals surface area (Å²) in [6, 6.07) is 90.1. The Morgan fingerprint density at radius 1 is 0.328 bits per heavy atom. The average Bonchev–Trinajstić information content (AvgIpc) is 3.38. The van der Waals surface area contributed by atoms with Crippen molar-refractivity contribution in [3.63, 3.8) is 0 Å². The molecular weight excluding hydrogens is 773 g/mol. The predicted octanol–water partition coefficient (Wildman–Crippen LogP) is 17.1. The van der Waals surface area contributed by atoms with Crippen molar-refractivity contribution < 1.29 is 0 Å². The number of para-hydroxylation sites is 4. The molecule has 0 aromatic heterocycles. The minimum absolute atomic E-state index is 0.353. The zero-order chi connectivity index (χ0) is 42.7. The van der Waals surface area contributed by atoms with Gasteiger partial charge in [0.2, 0.25) is 0 Å². The number of nitrogens with zero attached hydrogens (tertiary/aromatic N) is 2. The molecule has 0 radical (unpaired) electrons. The highest BCUT2D eigenvalue weighted by Crippen LogP contribution is 2.44. The number of hydrogen-bond donors (Lipinski definition) is 0. The van der Waals surface area contributed by atoms with E-state index in [2.05, 4.69) is 271 Å². The van der Waals surface area contributed by atoms with Crippen LogP contribution in [0.15, 0.2) is 255 Å². The van der Waals surface area contributed by atoms with Gasteiger partial charge in [0.25, 0.3) is 0 Å². The highest BCUT2D eigenvalue weighted by atomic mass is 15.1. The molecule has 0 bridgehead atoms. The molecule has 0 aliphatic heterocycles. The van der Waals surface area contributed by atoms with Crippen molar-refractivity contribution in [2.75, 3.05) is 9.80 Å². The topological polar surface area (TPSA) is 6.48 Å². The van der Waals surface area contributed by atoms with Crippen molar-refractivity contribution in [3.05, 3.63) is 271 Å². The first kappa shape index (κ1) is 38.7. The van der Waals surface area contributed by atoms with Gasteiger partial charge in [-0.3, -0.25) is 0 Å². The molecule has 1 atom stereocenters. The maximum atomic E-state index is 2.39. The molecular formula is C62H46N2. The summed E-state index contributed by atoms with van der Waals surface area (Å²) < 4.78 is 0. The number of benzene rings is 10. The lowest BCUT2D eigenvalue weighted by atomic mass is 9.85. The van der Waals surface area contributed by atoms with E-state index in [-0.39, 0.29) is 0 Å². The van der Waals surface area contributed by atoms with E-state index in [1.807, 2.05) is 0 Å². The molecule has 1 aliphatic carbocycles. The van der Waals surface area contributed by atoms with E-state index in [9.17, 15) is 0 Å². The number of allylic oxidation sites excluding steroid dienone is 1. The fraction of sp³-hybridized carbons (Fsp3) is 0.0323. The molecule has 1 unspecified atom stereocenters. The number of anilines is 6. The molecule has 64 heavy (non-hydrogen) atoms. The molecule has 0 heterocycles. The van der Waals surface area contributed by atoms with Crippen LogP contribution >= 0.6 is 0 Å². The van der Waals surface area contributed by atoms with Gasteiger partial charge in [-0.2, -0.15) is 0 Å². The van der Waals surface area contributed by atoms with Gasteiger partial charge in [0.05, 0.1) is 11.4 Å². The molecule has 0 N–H and O–H groups in total. The molecule has 304 valence electrons. The summed E-state index contributed by atoms with van der Waals surface area (Å²) >= 11 is 0. The van der Waals surface area contributed by atoms with E-state index >= 15 is 0 Å². The van der Waals surface area contributed by atoms with Crippen LogP contribution in [0, 0.1) is 0 Å². The molecule has 0 amide bonds. The Kier molecular flexibility index (Phi) is 10.5. The van der Waals surface area contributed by atoms with Crippen LogP contribution in [0.1, 0.15) is 22.6 Å². The van der Waals surface area contributed by atoms with Crippen molar-refractivity contribution in [1.29, 1.82) is 0 Å². The largest absolute Gasteiger partial charge is 0.310 e. The monoisotopic (exact) mass is 818 g/mol. The smallest absolute Gasteiger partial charge is 0.0540 e. The fourth-order valence-electron chi connectivity index (χ4n) is 9.34. The molecule has 10 aromatic carbocycles. The zero-order valence-electron chi connectivity index (χ0n) is 35.5. The van der Waals surface area contributed by atoms with Crippen LogP contribution < -0.4 is 9.80 Å². The molecule has 2 heteroatoms. The Hall–Kier alpha value is -8.20. The molecule has 11 rings (SSSR count). The summed E-state index contributed by atoms with van der Waals surface area (Å²) in [5, 5.41) is 2.50. The quantitative estimate of drug-likeness (QED) is 0.136. The maximum Gasteiger partial charge on any atom is 0.0540 e. The molecule has 0 spiro atoms. The Morgan fingerprint density at radius 3 is 1.39 bits per heavy atom. The molecule has 0 fully saturated rings. The fourth-order valence-corrected chi connectivity index (χ4v) is 9.34. The third kappa shape index (κ3) is 7.67. The van der Waals surface area contributed by atoms with Gasteiger partial charge in [-0.25, -0.2) is 0 Å². The van der Waals surface area contributed by atoms with Crippen molar-refractivity contribution in [1.82, 2.24) is 0 Å². The minimum Gasteiger partial charge on any atom is -0.310 e. The summed E-state index contributed by atoms with van der Waals surface area (Å²) in [6.07, 6.45) is 5.65. The van der Waals surface area contributed by atoms with E-state index in [0.29, 0.717) is 5.92 Å². The number of hydrogen-bond acceptors (Lipinski definition) is 2. The van der Waals surface area contributed by atoms with Gasteiger partial charge >= 0.3 is 0 Å². The van der Waals surface area contributed by atoms with Crippen LogP contribution in [-0.2, 0) is 6.42 Å². The van der Waals surface area contributed by atoms with Gasteiger partial charge in [-0.05, 0) is 123 Å². The van der Waals surface area contributed by atoms with E-state index in [0.717, 1.165) is 57.2 Å². The molecule has 10 aromatic rings. The van der Waals surface area contributed by atoms with Gasteiger partial charge in [0.1, 0.15) is 0 Å². The van der Waals surface area contributed by atoms with Gasteiger partial charge in [-0.15, -0.1) is 0 Å². The van der Waals surface area contributed by atoms with Crippen molar-refractivity contribution in [3.8, 4) is 33.4 Å². The normalized spacial score (nSPS) is 13.0. The second-order valence-electron chi connectivity index (χ2n) is 16.5. The third-order valence-corrected chi connectivity index (χ3v) is 12.6. The number of rotatable bonds is 10. The van der Waals surface area contributed by atoms with Gasteiger partial charge in [0.15, 0.2) is 0 Å². The second kappa shape index (κ2) is 17.3. The van der Waals surface area contributed by atoms with Crippen LogP contribution in [0.2, 0.25) is 0 Å². The molecule has 1 aliphatic rings. The van der Waals surface area contributed by atoms with E-state index in [1.165, 1.54) is 44.2 Å². The van der Waals surface area contributed by atoms with E-state index in [1.54, 1.807) is 0 Å².